The number of hydrogen-bond donors (Lipinski definition) is 1. The monoisotopic (exact) mass is 301 g/mol. The highest BCUT2D eigenvalue weighted by Gasteiger charge is 2.17. The van der Waals surface area contributed by atoms with Gasteiger partial charge in [0.25, 0.3) is 0 Å². The van der Waals surface area contributed by atoms with Gasteiger partial charge < -0.3 is 4.52 Å². The SMILES string of the molecule is CC(=O)c1csc(NS(=O)(=O)Cc2cc(C)on2)n1. The Morgan fingerprint density at radius 1 is 1.53 bits per heavy atom. The third-order valence-corrected chi connectivity index (χ3v) is 4.19. The molecule has 0 saturated heterocycles. The molecule has 0 fully saturated rings. The third kappa shape index (κ3) is 3.61. The molecule has 0 amide bonds. The molecule has 19 heavy (non-hydrogen) atoms. The standard InChI is InChI=1S/C10H11N3O4S2/c1-6-3-8(12-17-6)5-19(15,16)13-10-11-9(4-18-10)7(2)14/h3-4H,5H2,1-2H3,(H,11,13). The van der Waals surface area contributed by atoms with Crippen molar-refractivity contribution in [2.75, 3.05) is 4.72 Å². The van der Waals surface area contributed by atoms with E-state index in [0.717, 1.165) is 11.3 Å². The number of anilines is 1. The lowest BCUT2D eigenvalue weighted by Crippen LogP contribution is -2.15. The smallest absolute Gasteiger partial charge is 0.240 e. The average molecular weight is 301 g/mol. The second-order valence-electron chi connectivity index (χ2n) is 3.88. The molecular formula is C10H11N3O4S2. The van der Waals surface area contributed by atoms with E-state index in [0.29, 0.717) is 11.5 Å². The molecular weight excluding hydrogens is 290 g/mol. The first-order valence-electron chi connectivity index (χ1n) is 5.25. The Balaban J connectivity index is 2.10. The quantitative estimate of drug-likeness (QED) is 0.841. The average Bonchev–Trinajstić information content (AvgIpc) is 2.87. The summed E-state index contributed by atoms with van der Waals surface area (Å²) in [7, 11) is -3.62. The van der Waals surface area contributed by atoms with Crippen LogP contribution in [0.25, 0.3) is 0 Å². The number of Topliss-reactive ketones (excluding diaryl/α,β-unsaturated/α-hetero) is 1. The van der Waals surface area contributed by atoms with Crippen LogP contribution in [0.3, 0.4) is 0 Å². The summed E-state index contributed by atoms with van der Waals surface area (Å²) in [6.45, 7) is 3.04. The van der Waals surface area contributed by atoms with Gasteiger partial charge in [-0.25, -0.2) is 13.4 Å². The number of sulfonamides is 1. The summed E-state index contributed by atoms with van der Waals surface area (Å²) in [5, 5.41) is 5.27. The lowest BCUT2D eigenvalue weighted by Gasteiger charge is -2.01. The number of carbonyl (C=O) groups is 1. The first-order chi connectivity index (χ1) is 8.85. The van der Waals surface area contributed by atoms with Crippen molar-refractivity contribution in [3.63, 3.8) is 0 Å². The summed E-state index contributed by atoms with van der Waals surface area (Å²) < 4.78 is 30.8. The molecule has 0 atom stereocenters. The van der Waals surface area contributed by atoms with Gasteiger partial charge in [0.05, 0.1) is 0 Å². The van der Waals surface area contributed by atoms with Crippen LogP contribution in [0.5, 0.6) is 0 Å². The largest absolute Gasteiger partial charge is 0.361 e. The van der Waals surface area contributed by atoms with Crippen LogP contribution in [0.4, 0.5) is 5.13 Å². The van der Waals surface area contributed by atoms with E-state index in [1.54, 1.807) is 13.0 Å². The van der Waals surface area contributed by atoms with Crippen LogP contribution in [0.15, 0.2) is 16.0 Å². The van der Waals surface area contributed by atoms with E-state index >= 15 is 0 Å². The fraction of sp³-hybridized carbons (Fsp3) is 0.300. The van der Waals surface area contributed by atoms with Crippen molar-refractivity contribution >= 4 is 32.3 Å². The molecule has 2 aromatic heterocycles. The minimum atomic E-state index is -3.62. The third-order valence-electron chi connectivity index (χ3n) is 2.12. The zero-order valence-corrected chi connectivity index (χ0v) is 11.8. The molecule has 2 heterocycles. The van der Waals surface area contributed by atoms with E-state index < -0.39 is 10.0 Å². The van der Waals surface area contributed by atoms with Crippen molar-refractivity contribution in [1.82, 2.24) is 10.1 Å². The van der Waals surface area contributed by atoms with Gasteiger partial charge in [0.1, 0.15) is 22.9 Å². The minimum absolute atomic E-state index is 0.158. The molecule has 7 nitrogen and oxygen atoms in total. The zero-order chi connectivity index (χ0) is 14.0. The Hall–Kier alpha value is -1.74. The van der Waals surface area contributed by atoms with Gasteiger partial charge in [0.15, 0.2) is 10.9 Å². The van der Waals surface area contributed by atoms with Crippen molar-refractivity contribution in [2.24, 2.45) is 0 Å². The molecule has 2 aromatic rings. The number of thiazole rings is 1. The highest BCUT2D eigenvalue weighted by atomic mass is 32.2. The molecule has 0 aliphatic carbocycles. The van der Waals surface area contributed by atoms with Crippen molar-refractivity contribution in [3.05, 3.63) is 28.6 Å². The summed E-state index contributed by atoms with van der Waals surface area (Å²) in [6.07, 6.45) is 0. The van der Waals surface area contributed by atoms with E-state index in [2.05, 4.69) is 14.9 Å². The lowest BCUT2D eigenvalue weighted by atomic mass is 10.4. The number of hydrogen-bond acceptors (Lipinski definition) is 7. The molecule has 102 valence electrons. The van der Waals surface area contributed by atoms with Gasteiger partial charge in [-0.05, 0) is 6.92 Å². The van der Waals surface area contributed by atoms with Crippen LogP contribution in [-0.4, -0.2) is 24.3 Å². The summed E-state index contributed by atoms with van der Waals surface area (Å²) in [5.74, 6) is 0.0198. The van der Waals surface area contributed by atoms with E-state index in [4.69, 9.17) is 4.52 Å². The van der Waals surface area contributed by atoms with E-state index in [1.165, 1.54) is 12.3 Å². The van der Waals surface area contributed by atoms with Crippen LogP contribution in [-0.2, 0) is 15.8 Å². The number of aryl methyl sites for hydroxylation is 1. The predicted molar refractivity (Wildman–Crippen MR) is 69.6 cm³/mol. The number of nitrogens with zero attached hydrogens (tertiary/aromatic N) is 2. The molecule has 0 radical (unpaired) electrons. The van der Waals surface area contributed by atoms with E-state index in [9.17, 15) is 13.2 Å². The number of aromatic nitrogens is 2. The molecule has 0 aromatic carbocycles. The Morgan fingerprint density at radius 2 is 2.26 bits per heavy atom. The van der Waals surface area contributed by atoms with Crippen molar-refractivity contribution in [2.45, 2.75) is 19.6 Å². The fourth-order valence-corrected chi connectivity index (χ4v) is 3.41. The van der Waals surface area contributed by atoms with Crippen molar-refractivity contribution in [1.29, 1.82) is 0 Å². The molecule has 9 heteroatoms. The van der Waals surface area contributed by atoms with Gasteiger partial charge in [-0.3, -0.25) is 9.52 Å². The predicted octanol–water partition coefficient (Wildman–Crippen LogP) is 1.58. The molecule has 0 aliphatic heterocycles. The number of carbonyl (C=O) groups excluding carboxylic acids is 1. The normalized spacial score (nSPS) is 11.5. The van der Waals surface area contributed by atoms with Gasteiger partial charge in [0, 0.05) is 18.4 Å². The molecule has 0 spiro atoms. The van der Waals surface area contributed by atoms with Crippen LogP contribution < -0.4 is 4.72 Å². The van der Waals surface area contributed by atoms with E-state index in [1.807, 2.05) is 0 Å². The summed E-state index contributed by atoms with van der Waals surface area (Å²) in [6, 6.07) is 1.54. The first-order valence-corrected chi connectivity index (χ1v) is 7.78. The Morgan fingerprint density at radius 3 is 2.79 bits per heavy atom. The fourth-order valence-electron chi connectivity index (χ4n) is 1.33. The topological polar surface area (TPSA) is 102 Å². The van der Waals surface area contributed by atoms with E-state index in [-0.39, 0.29) is 22.4 Å². The van der Waals surface area contributed by atoms with Gasteiger partial charge in [-0.2, -0.15) is 0 Å². The molecule has 2 rings (SSSR count). The van der Waals surface area contributed by atoms with Gasteiger partial charge in [-0.1, -0.05) is 5.16 Å². The lowest BCUT2D eigenvalue weighted by molar-refractivity contribution is 0.101. The number of ketones is 1. The Labute approximate surface area is 113 Å². The molecule has 0 bridgehead atoms. The minimum Gasteiger partial charge on any atom is -0.361 e. The number of rotatable bonds is 5. The van der Waals surface area contributed by atoms with Gasteiger partial charge >= 0.3 is 0 Å². The second kappa shape index (κ2) is 5.10. The first kappa shape index (κ1) is 13.7. The summed E-state index contributed by atoms with van der Waals surface area (Å²) >= 11 is 1.05. The van der Waals surface area contributed by atoms with Crippen molar-refractivity contribution in [3.8, 4) is 0 Å². The molecule has 0 unspecified atom stereocenters. The van der Waals surface area contributed by atoms with Crippen molar-refractivity contribution < 1.29 is 17.7 Å². The molecule has 0 saturated carbocycles. The number of nitrogens with one attached hydrogen (secondary N) is 1. The van der Waals surface area contributed by atoms with Gasteiger partial charge in [-0.15, -0.1) is 11.3 Å². The summed E-state index contributed by atoms with van der Waals surface area (Å²) in [4.78, 5) is 14.9. The zero-order valence-electron chi connectivity index (χ0n) is 10.2. The van der Waals surface area contributed by atoms with Gasteiger partial charge in [0.2, 0.25) is 10.0 Å². The maximum Gasteiger partial charge on any atom is 0.240 e. The highest BCUT2D eigenvalue weighted by molar-refractivity contribution is 7.92. The summed E-state index contributed by atoms with van der Waals surface area (Å²) in [5.41, 5.74) is 0.549. The van der Waals surface area contributed by atoms with Crippen LogP contribution in [0.1, 0.15) is 28.9 Å². The maximum atomic E-state index is 11.8. The highest BCUT2D eigenvalue weighted by Crippen LogP contribution is 2.18. The molecule has 0 aliphatic rings. The van der Waals surface area contributed by atoms with Crippen LogP contribution in [0.2, 0.25) is 0 Å². The second-order valence-corrected chi connectivity index (χ2v) is 6.46. The molecule has 1 N–H and O–H groups in total. The maximum absolute atomic E-state index is 11.8. The Kier molecular flexibility index (Phi) is 3.67. The van der Waals surface area contributed by atoms with Crippen LogP contribution >= 0.6 is 11.3 Å². The van der Waals surface area contributed by atoms with Crippen LogP contribution in [0, 0.1) is 6.92 Å². The Bertz CT molecular complexity index is 702.